The van der Waals surface area contributed by atoms with E-state index in [4.69, 9.17) is 23.2 Å². The molecule has 24 heavy (non-hydrogen) atoms. The van der Waals surface area contributed by atoms with E-state index < -0.39 is 0 Å². The summed E-state index contributed by atoms with van der Waals surface area (Å²) >= 11 is 12.3. The van der Waals surface area contributed by atoms with Gasteiger partial charge in [0.15, 0.2) is 0 Å². The number of hydrogen-bond donors (Lipinski definition) is 0. The molecule has 3 rings (SSSR count). The van der Waals surface area contributed by atoms with Gasteiger partial charge in [-0.3, -0.25) is 4.98 Å². The zero-order valence-corrected chi connectivity index (χ0v) is 14.4. The first kappa shape index (κ1) is 16.5. The van der Waals surface area contributed by atoms with Crippen LogP contribution in [0.25, 0.3) is 24.3 Å². The van der Waals surface area contributed by atoms with Gasteiger partial charge in [-0.15, -0.1) is 0 Å². The zero-order valence-electron chi connectivity index (χ0n) is 12.9. The normalized spacial score (nSPS) is 11.4. The minimum absolute atomic E-state index is 0.725. The van der Waals surface area contributed by atoms with Gasteiger partial charge in [0.2, 0.25) is 0 Å². The fourth-order valence-electron chi connectivity index (χ4n) is 2.24. The van der Waals surface area contributed by atoms with Crippen molar-refractivity contribution in [2.75, 3.05) is 0 Å². The third kappa shape index (κ3) is 4.35. The summed E-state index contributed by atoms with van der Waals surface area (Å²) in [5.41, 5.74) is 3.89. The Morgan fingerprint density at radius 2 is 1.25 bits per heavy atom. The Hall–Kier alpha value is -2.35. The van der Waals surface area contributed by atoms with Crippen LogP contribution in [-0.2, 0) is 0 Å². The molecule has 0 N–H and O–H groups in total. The summed E-state index contributed by atoms with van der Waals surface area (Å²) in [5.74, 6) is 0. The minimum Gasteiger partial charge on any atom is -0.257 e. The summed E-state index contributed by atoms with van der Waals surface area (Å²) in [4.78, 5) is 4.37. The highest BCUT2D eigenvalue weighted by Gasteiger charge is 1.96. The van der Waals surface area contributed by atoms with Gasteiger partial charge in [-0.1, -0.05) is 77.8 Å². The molecule has 0 saturated carbocycles. The summed E-state index contributed by atoms with van der Waals surface area (Å²) in [7, 11) is 0. The molecule has 0 amide bonds. The molecule has 0 aliphatic heterocycles. The van der Waals surface area contributed by atoms with E-state index in [9.17, 15) is 0 Å². The highest BCUT2D eigenvalue weighted by Crippen LogP contribution is 2.19. The molecular weight excluding hydrogens is 337 g/mol. The molecule has 3 heteroatoms. The van der Waals surface area contributed by atoms with Gasteiger partial charge in [0.1, 0.15) is 0 Å². The van der Waals surface area contributed by atoms with E-state index in [1.165, 1.54) is 0 Å². The van der Waals surface area contributed by atoms with Crippen LogP contribution < -0.4 is 0 Å². The largest absolute Gasteiger partial charge is 0.257 e. The van der Waals surface area contributed by atoms with Crippen LogP contribution in [-0.4, -0.2) is 4.98 Å². The Morgan fingerprint density at radius 1 is 0.667 bits per heavy atom. The van der Waals surface area contributed by atoms with Gasteiger partial charge in [0, 0.05) is 16.2 Å². The number of aromatic nitrogens is 1. The molecule has 118 valence electrons. The second-order valence-corrected chi connectivity index (χ2v) is 6.04. The number of rotatable bonds is 4. The lowest BCUT2D eigenvalue weighted by atomic mass is 10.1. The first-order valence-electron chi connectivity index (χ1n) is 7.54. The van der Waals surface area contributed by atoms with Gasteiger partial charge >= 0.3 is 0 Å². The molecule has 0 spiro atoms. The SMILES string of the molecule is Clc1ccccc1C=Cc1ccnc(C=Cc2ccccc2Cl)c1. The topological polar surface area (TPSA) is 12.9 Å². The number of benzene rings is 2. The van der Waals surface area contributed by atoms with E-state index in [-0.39, 0.29) is 0 Å². The molecule has 1 aromatic heterocycles. The molecule has 0 radical (unpaired) electrons. The summed E-state index contributed by atoms with van der Waals surface area (Å²) < 4.78 is 0. The van der Waals surface area contributed by atoms with E-state index in [2.05, 4.69) is 4.98 Å². The van der Waals surface area contributed by atoms with Crippen LogP contribution in [0.5, 0.6) is 0 Å². The highest BCUT2D eigenvalue weighted by atomic mass is 35.5. The van der Waals surface area contributed by atoms with E-state index in [0.29, 0.717) is 0 Å². The lowest BCUT2D eigenvalue weighted by Gasteiger charge is -1.99. The quantitative estimate of drug-likeness (QED) is 0.507. The maximum atomic E-state index is 6.17. The van der Waals surface area contributed by atoms with Gasteiger partial charge in [-0.2, -0.15) is 0 Å². The van der Waals surface area contributed by atoms with Crippen molar-refractivity contribution in [2.24, 2.45) is 0 Å². The van der Waals surface area contributed by atoms with Crippen molar-refractivity contribution in [3.63, 3.8) is 0 Å². The Morgan fingerprint density at radius 3 is 1.88 bits per heavy atom. The fourth-order valence-corrected chi connectivity index (χ4v) is 2.64. The average Bonchev–Trinajstić information content (AvgIpc) is 2.61. The molecule has 3 aromatic rings. The molecule has 0 fully saturated rings. The van der Waals surface area contributed by atoms with E-state index in [1.807, 2.05) is 85.0 Å². The standard InChI is InChI=1S/C21H15Cl2N/c22-20-7-3-1-5-17(20)10-9-16-13-14-24-19(15-16)12-11-18-6-2-4-8-21(18)23/h1-15H. The average molecular weight is 352 g/mol. The summed E-state index contributed by atoms with van der Waals surface area (Å²) in [5, 5.41) is 1.46. The van der Waals surface area contributed by atoms with Crippen LogP contribution in [0.3, 0.4) is 0 Å². The molecule has 1 heterocycles. The Kier molecular flexibility index (Phi) is 5.47. The van der Waals surface area contributed by atoms with Crippen molar-refractivity contribution in [3.05, 3.63) is 99.3 Å². The van der Waals surface area contributed by atoms with Gasteiger partial charge in [-0.25, -0.2) is 0 Å². The zero-order chi connectivity index (χ0) is 16.8. The monoisotopic (exact) mass is 351 g/mol. The maximum absolute atomic E-state index is 6.17. The third-order valence-electron chi connectivity index (χ3n) is 3.50. The molecule has 0 aliphatic carbocycles. The number of pyridine rings is 1. The van der Waals surface area contributed by atoms with Crippen LogP contribution in [0.1, 0.15) is 22.4 Å². The number of halogens is 2. The van der Waals surface area contributed by atoms with E-state index >= 15 is 0 Å². The predicted molar refractivity (Wildman–Crippen MR) is 105 cm³/mol. The molecule has 0 saturated heterocycles. The second kappa shape index (κ2) is 7.96. The van der Waals surface area contributed by atoms with Crippen molar-refractivity contribution in [3.8, 4) is 0 Å². The minimum atomic E-state index is 0.725. The summed E-state index contributed by atoms with van der Waals surface area (Å²) in [6.45, 7) is 0. The highest BCUT2D eigenvalue weighted by molar-refractivity contribution is 6.32. The molecule has 0 unspecified atom stereocenters. The van der Waals surface area contributed by atoms with Gasteiger partial charge in [0.05, 0.1) is 5.69 Å². The molecular formula is C21H15Cl2N. The van der Waals surface area contributed by atoms with Crippen molar-refractivity contribution >= 4 is 47.5 Å². The van der Waals surface area contributed by atoms with Gasteiger partial charge in [0.25, 0.3) is 0 Å². The lowest BCUT2D eigenvalue weighted by Crippen LogP contribution is -1.82. The number of hydrogen-bond acceptors (Lipinski definition) is 1. The molecule has 0 bridgehead atoms. The third-order valence-corrected chi connectivity index (χ3v) is 4.19. The Labute approximate surface area is 151 Å². The first-order valence-corrected chi connectivity index (χ1v) is 8.29. The van der Waals surface area contributed by atoms with Crippen molar-refractivity contribution < 1.29 is 0 Å². The smallest absolute Gasteiger partial charge is 0.0635 e. The van der Waals surface area contributed by atoms with Gasteiger partial charge in [-0.05, 0) is 47.0 Å². The van der Waals surface area contributed by atoms with E-state index in [1.54, 1.807) is 6.20 Å². The number of nitrogens with zero attached hydrogens (tertiary/aromatic N) is 1. The van der Waals surface area contributed by atoms with Crippen LogP contribution in [0.4, 0.5) is 0 Å². The second-order valence-electron chi connectivity index (χ2n) is 5.22. The maximum Gasteiger partial charge on any atom is 0.0635 e. The van der Waals surface area contributed by atoms with Crippen molar-refractivity contribution in [1.82, 2.24) is 4.98 Å². The summed E-state index contributed by atoms with van der Waals surface area (Å²) in [6.07, 6.45) is 9.73. The van der Waals surface area contributed by atoms with Gasteiger partial charge < -0.3 is 0 Å². The summed E-state index contributed by atoms with van der Waals surface area (Å²) in [6, 6.07) is 19.4. The van der Waals surface area contributed by atoms with Crippen LogP contribution in [0.15, 0.2) is 66.9 Å². The van der Waals surface area contributed by atoms with Crippen LogP contribution in [0, 0.1) is 0 Å². The predicted octanol–water partition coefficient (Wildman–Crippen LogP) is 6.73. The van der Waals surface area contributed by atoms with Crippen molar-refractivity contribution in [2.45, 2.75) is 0 Å². The molecule has 2 aromatic carbocycles. The van der Waals surface area contributed by atoms with E-state index in [0.717, 1.165) is 32.4 Å². The molecule has 1 nitrogen and oxygen atoms in total. The molecule has 0 atom stereocenters. The fraction of sp³-hybridized carbons (Fsp3) is 0. The van der Waals surface area contributed by atoms with Crippen LogP contribution in [0.2, 0.25) is 10.0 Å². The lowest BCUT2D eigenvalue weighted by molar-refractivity contribution is 1.29. The Balaban J connectivity index is 1.80. The molecule has 0 aliphatic rings. The first-order chi connectivity index (χ1) is 11.7. The Bertz CT molecular complexity index is 827. The van der Waals surface area contributed by atoms with Crippen molar-refractivity contribution in [1.29, 1.82) is 0 Å². The van der Waals surface area contributed by atoms with Crippen LogP contribution >= 0.6 is 23.2 Å².